The summed E-state index contributed by atoms with van der Waals surface area (Å²) in [6.07, 6.45) is 11.1. The maximum atomic E-state index is 10.3. The van der Waals surface area contributed by atoms with Gasteiger partial charge in [-0.05, 0) is 18.0 Å². The van der Waals surface area contributed by atoms with E-state index in [2.05, 4.69) is 10.0 Å². The standard InChI is InChI=1S/C11H24N3OSi/c12-14-13-10-8-6-4-2-1-3-5-7-9-11-16-15/h1-11,16H2. The van der Waals surface area contributed by atoms with E-state index < -0.39 is 9.76 Å². The predicted molar refractivity (Wildman–Crippen MR) is 69.6 cm³/mol. The second-order valence-electron chi connectivity index (χ2n) is 4.19. The molecule has 0 aliphatic heterocycles. The van der Waals surface area contributed by atoms with E-state index >= 15 is 0 Å². The van der Waals surface area contributed by atoms with Gasteiger partial charge in [-0.1, -0.05) is 56.5 Å². The van der Waals surface area contributed by atoms with E-state index in [1.54, 1.807) is 0 Å². The van der Waals surface area contributed by atoms with Crippen molar-refractivity contribution in [2.45, 2.75) is 63.8 Å². The number of hydrogen-bond donors (Lipinski definition) is 0. The van der Waals surface area contributed by atoms with E-state index in [-0.39, 0.29) is 0 Å². The minimum absolute atomic E-state index is 0.648. The van der Waals surface area contributed by atoms with Crippen molar-refractivity contribution in [2.75, 3.05) is 6.54 Å². The number of unbranched alkanes of at least 4 members (excludes halogenated alkanes) is 8. The summed E-state index contributed by atoms with van der Waals surface area (Å²) in [7, 11) is -0.928. The van der Waals surface area contributed by atoms with Crippen LogP contribution in [0, 0.1) is 0 Å². The van der Waals surface area contributed by atoms with Crippen LogP contribution in [-0.2, 0) is 4.80 Å². The zero-order chi connectivity index (χ0) is 11.9. The van der Waals surface area contributed by atoms with Crippen molar-refractivity contribution >= 4 is 9.76 Å². The van der Waals surface area contributed by atoms with Crippen molar-refractivity contribution in [1.29, 1.82) is 0 Å². The summed E-state index contributed by atoms with van der Waals surface area (Å²) in [4.78, 5) is 13.0. The Labute approximate surface area is 101 Å². The molecule has 1 radical (unpaired) electrons. The van der Waals surface area contributed by atoms with Crippen LogP contribution in [-0.4, -0.2) is 16.3 Å². The lowest BCUT2D eigenvalue weighted by Gasteiger charge is -2.01. The molecule has 0 heterocycles. The molecule has 0 aromatic heterocycles. The molecule has 0 bridgehead atoms. The van der Waals surface area contributed by atoms with Gasteiger partial charge in [0.25, 0.3) is 0 Å². The highest BCUT2D eigenvalue weighted by molar-refractivity contribution is 6.24. The third-order valence-electron chi connectivity index (χ3n) is 2.72. The maximum absolute atomic E-state index is 10.3. The highest BCUT2D eigenvalue weighted by atomic mass is 28.2. The number of azide groups is 1. The summed E-state index contributed by atoms with van der Waals surface area (Å²) < 4.78 is 0. The monoisotopic (exact) mass is 242 g/mol. The SMILES string of the molecule is [N-]=[N+]=NCCCCCCCCCCC[SiH2][O]. The molecule has 5 heteroatoms. The van der Waals surface area contributed by atoms with Crippen LogP contribution < -0.4 is 0 Å². The third kappa shape index (κ3) is 13.5. The van der Waals surface area contributed by atoms with Crippen LogP contribution in [0.25, 0.3) is 10.4 Å². The second-order valence-corrected chi connectivity index (χ2v) is 5.31. The second kappa shape index (κ2) is 14.5. The summed E-state index contributed by atoms with van der Waals surface area (Å²) >= 11 is 0. The lowest BCUT2D eigenvalue weighted by molar-refractivity contribution is 0.468. The van der Waals surface area contributed by atoms with Crippen LogP contribution in [0.3, 0.4) is 0 Å². The summed E-state index contributed by atoms with van der Waals surface area (Å²) in [5.74, 6) is 0. The smallest absolute Gasteiger partial charge is 0.207 e. The minimum atomic E-state index is -0.928. The Hall–Kier alpha value is -0.513. The van der Waals surface area contributed by atoms with E-state index in [0.717, 1.165) is 12.5 Å². The quantitative estimate of drug-likeness (QED) is 0.164. The van der Waals surface area contributed by atoms with Gasteiger partial charge in [0, 0.05) is 11.5 Å². The molecule has 93 valence electrons. The zero-order valence-electron chi connectivity index (χ0n) is 10.2. The fourth-order valence-corrected chi connectivity index (χ4v) is 2.30. The predicted octanol–water partition coefficient (Wildman–Crippen LogP) is 3.74. The zero-order valence-corrected chi connectivity index (χ0v) is 11.6. The molecular weight excluding hydrogens is 218 g/mol. The molecule has 4 nitrogen and oxygen atoms in total. The summed E-state index contributed by atoms with van der Waals surface area (Å²) in [6.45, 7) is 0.648. The first-order valence-corrected chi connectivity index (χ1v) is 8.08. The highest BCUT2D eigenvalue weighted by Gasteiger charge is 1.92. The van der Waals surface area contributed by atoms with E-state index in [0.29, 0.717) is 6.54 Å². The third-order valence-corrected chi connectivity index (χ3v) is 3.50. The highest BCUT2D eigenvalue weighted by Crippen LogP contribution is 2.10. The van der Waals surface area contributed by atoms with E-state index in [4.69, 9.17) is 5.53 Å². The first-order chi connectivity index (χ1) is 7.91. The maximum Gasteiger partial charge on any atom is 0.207 e. The van der Waals surface area contributed by atoms with Gasteiger partial charge in [0.15, 0.2) is 0 Å². The van der Waals surface area contributed by atoms with E-state index in [1.807, 2.05) is 0 Å². The molecule has 0 spiro atoms. The Morgan fingerprint density at radius 2 is 1.38 bits per heavy atom. The van der Waals surface area contributed by atoms with Crippen molar-refractivity contribution in [3.63, 3.8) is 0 Å². The molecule has 0 rings (SSSR count). The molecule has 0 N–H and O–H groups in total. The molecule has 0 unspecified atom stereocenters. The fourth-order valence-electron chi connectivity index (χ4n) is 1.74. The van der Waals surface area contributed by atoms with Gasteiger partial charge < -0.3 is 4.80 Å². The van der Waals surface area contributed by atoms with Gasteiger partial charge in [0.2, 0.25) is 9.76 Å². The van der Waals surface area contributed by atoms with Gasteiger partial charge in [-0.3, -0.25) is 0 Å². The van der Waals surface area contributed by atoms with Crippen LogP contribution in [0.2, 0.25) is 6.04 Å². The van der Waals surface area contributed by atoms with Crippen LogP contribution in [0.1, 0.15) is 57.8 Å². The molecule has 0 fully saturated rings. The number of rotatable bonds is 12. The van der Waals surface area contributed by atoms with Gasteiger partial charge in [-0.25, -0.2) is 0 Å². The molecule has 0 aromatic carbocycles. The van der Waals surface area contributed by atoms with E-state index in [9.17, 15) is 4.80 Å². The average molecular weight is 242 g/mol. The Balaban J connectivity index is 2.90. The fraction of sp³-hybridized carbons (Fsp3) is 1.00. The van der Waals surface area contributed by atoms with Crippen LogP contribution >= 0.6 is 0 Å². The molecule has 0 saturated carbocycles. The molecule has 0 amide bonds. The molecule has 0 saturated heterocycles. The van der Waals surface area contributed by atoms with Gasteiger partial charge in [0.05, 0.1) is 0 Å². The summed E-state index contributed by atoms with van der Waals surface area (Å²) in [6, 6.07) is 0.986. The molecule has 0 aromatic rings. The van der Waals surface area contributed by atoms with Gasteiger partial charge in [-0.2, -0.15) is 0 Å². The summed E-state index contributed by atoms with van der Waals surface area (Å²) in [5.41, 5.74) is 8.07. The van der Waals surface area contributed by atoms with Crippen molar-refractivity contribution in [1.82, 2.24) is 0 Å². The Kier molecular flexibility index (Phi) is 14.0. The largest absolute Gasteiger partial charge is 0.306 e. The van der Waals surface area contributed by atoms with Gasteiger partial charge >= 0.3 is 0 Å². The molecule has 0 aliphatic carbocycles. The van der Waals surface area contributed by atoms with E-state index in [1.165, 1.54) is 51.4 Å². The first kappa shape index (κ1) is 15.5. The molecular formula is C11H24N3OSi. The van der Waals surface area contributed by atoms with Crippen molar-refractivity contribution in [2.24, 2.45) is 5.11 Å². The Bertz CT molecular complexity index is 184. The average Bonchev–Trinajstić information content (AvgIpc) is 2.31. The van der Waals surface area contributed by atoms with Crippen molar-refractivity contribution < 1.29 is 4.80 Å². The van der Waals surface area contributed by atoms with Crippen LogP contribution in [0.15, 0.2) is 5.11 Å². The van der Waals surface area contributed by atoms with Crippen molar-refractivity contribution in [3.8, 4) is 0 Å². The summed E-state index contributed by atoms with van der Waals surface area (Å²) in [5, 5.41) is 3.51. The molecule has 16 heavy (non-hydrogen) atoms. The topological polar surface area (TPSA) is 68.7 Å². The lowest BCUT2D eigenvalue weighted by atomic mass is 10.1. The molecule has 0 aliphatic rings. The van der Waals surface area contributed by atoms with Gasteiger partial charge in [0.1, 0.15) is 0 Å². The van der Waals surface area contributed by atoms with Crippen LogP contribution in [0.5, 0.6) is 0 Å². The number of hydrogen-bond acceptors (Lipinski definition) is 1. The number of nitrogens with zero attached hydrogens (tertiary/aromatic N) is 3. The normalized spacial score (nSPS) is 10.8. The first-order valence-electron chi connectivity index (χ1n) is 6.50. The Morgan fingerprint density at radius 3 is 1.88 bits per heavy atom. The molecule has 0 atom stereocenters. The van der Waals surface area contributed by atoms with Crippen LogP contribution in [0.4, 0.5) is 0 Å². The lowest BCUT2D eigenvalue weighted by Crippen LogP contribution is -1.85. The Morgan fingerprint density at radius 1 is 0.875 bits per heavy atom. The minimum Gasteiger partial charge on any atom is -0.306 e. The van der Waals surface area contributed by atoms with Gasteiger partial charge in [-0.15, -0.1) is 0 Å². The van der Waals surface area contributed by atoms with Crippen molar-refractivity contribution in [3.05, 3.63) is 10.4 Å².